The van der Waals surface area contributed by atoms with Crippen LogP contribution >= 0.6 is 35.7 Å². The van der Waals surface area contributed by atoms with E-state index >= 15 is 0 Å². The number of hydrogen-bond acceptors (Lipinski definition) is 8. The number of aliphatic carboxylic acids is 1. The number of hydrogen-bond donors (Lipinski definition) is 3. The summed E-state index contributed by atoms with van der Waals surface area (Å²) >= 11 is 8.82. The van der Waals surface area contributed by atoms with E-state index in [2.05, 4.69) is 44.9 Å². The first-order valence-electron chi connectivity index (χ1n) is 13.4. The van der Waals surface area contributed by atoms with E-state index in [1.165, 1.54) is 5.06 Å². The van der Waals surface area contributed by atoms with E-state index < -0.39 is 38.5 Å². The van der Waals surface area contributed by atoms with Crippen molar-refractivity contribution in [2.75, 3.05) is 12.8 Å². The lowest BCUT2D eigenvalue weighted by Gasteiger charge is -2.52. The second kappa shape index (κ2) is 13.3. The van der Waals surface area contributed by atoms with Crippen molar-refractivity contribution in [1.82, 2.24) is 10.4 Å². The fraction of sp³-hybridized carbons (Fsp3) is 0.857. The van der Waals surface area contributed by atoms with Gasteiger partial charge in [-0.15, -0.1) is 23.5 Å². The maximum Gasteiger partial charge on any atom is 0.303 e. The van der Waals surface area contributed by atoms with Crippen molar-refractivity contribution in [3.05, 3.63) is 0 Å². The van der Waals surface area contributed by atoms with E-state index in [0.29, 0.717) is 25.7 Å². The van der Waals surface area contributed by atoms with Crippen LogP contribution in [0.3, 0.4) is 0 Å². The number of piperidine rings is 1. The van der Waals surface area contributed by atoms with Gasteiger partial charge in [-0.1, -0.05) is 39.9 Å². The van der Waals surface area contributed by atoms with Gasteiger partial charge in [-0.3, -0.25) is 9.59 Å². The largest absolute Gasteiger partial charge is 0.481 e. The highest BCUT2D eigenvalue weighted by molar-refractivity contribution is 8.47. The molecule has 0 bridgehead atoms. The highest BCUT2D eigenvalue weighted by Gasteiger charge is 2.49. The monoisotopic (exact) mass is 589 g/mol. The van der Waals surface area contributed by atoms with Crippen molar-refractivity contribution >= 4 is 57.4 Å². The number of thioether (sulfide) groups is 2. The maximum atomic E-state index is 14.2. The van der Waals surface area contributed by atoms with Gasteiger partial charge >= 0.3 is 5.97 Å². The number of amides is 1. The molecule has 1 aliphatic rings. The SMILES string of the molecule is CCSC(=S)SC(C)(C)C(CC(C)(C)C(C)(C=NC)CCC(=O)O)C(=O)NC1CC(C)(C)N(O)C(C)(C)C1. The minimum absolute atomic E-state index is 0.0298. The molecule has 1 saturated heterocycles. The van der Waals surface area contributed by atoms with Crippen LogP contribution in [0.4, 0.5) is 0 Å². The number of carboxylic acids is 1. The summed E-state index contributed by atoms with van der Waals surface area (Å²) in [6.07, 6.45) is 4.10. The highest BCUT2D eigenvalue weighted by Crippen LogP contribution is 2.50. The first-order valence-corrected chi connectivity index (χ1v) is 15.7. The molecule has 0 aromatic carbocycles. The summed E-state index contributed by atoms with van der Waals surface area (Å²) in [6.45, 7) is 20.4. The molecular weight excluding hydrogens is 539 g/mol. The van der Waals surface area contributed by atoms with Crippen LogP contribution in [0, 0.1) is 16.7 Å². The van der Waals surface area contributed by atoms with Gasteiger partial charge < -0.3 is 20.6 Å². The Bertz CT molecular complexity index is 871. The lowest BCUT2D eigenvalue weighted by atomic mass is 9.60. The summed E-state index contributed by atoms with van der Waals surface area (Å²) in [5.41, 5.74) is -1.92. The average Bonchev–Trinajstić information content (AvgIpc) is 2.73. The Balaban J connectivity index is 3.40. The van der Waals surface area contributed by atoms with Gasteiger partial charge in [0.05, 0.1) is 5.92 Å². The van der Waals surface area contributed by atoms with Crippen LogP contribution in [0.2, 0.25) is 0 Å². The molecule has 2 atom stereocenters. The molecule has 3 N–H and O–H groups in total. The Morgan fingerprint density at radius 1 is 1.16 bits per heavy atom. The average molecular weight is 590 g/mol. The van der Waals surface area contributed by atoms with E-state index in [0.717, 1.165) is 9.28 Å². The Morgan fingerprint density at radius 2 is 1.68 bits per heavy atom. The second-order valence-corrected chi connectivity index (χ2v) is 17.4. The molecule has 7 nitrogen and oxygen atoms in total. The number of nitrogens with zero attached hydrogens (tertiary/aromatic N) is 2. The van der Waals surface area contributed by atoms with Gasteiger partial charge in [0.1, 0.15) is 3.53 Å². The molecule has 10 heteroatoms. The number of carbonyl (C=O) groups excluding carboxylic acids is 1. The summed E-state index contributed by atoms with van der Waals surface area (Å²) in [5, 5.41) is 24.9. The third kappa shape index (κ3) is 9.18. The number of thiocarbonyl (C=S) groups is 1. The minimum atomic E-state index is -0.843. The van der Waals surface area contributed by atoms with Crippen molar-refractivity contribution < 1.29 is 19.9 Å². The number of aliphatic imine (C=N–C) groups is 1. The van der Waals surface area contributed by atoms with Gasteiger partial charge in [0.15, 0.2) is 0 Å². The van der Waals surface area contributed by atoms with Gasteiger partial charge in [0, 0.05) is 47.0 Å². The Labute approximate surface area is 244 Å². The molecule has 0 aromatic heterocycles. The molecule has 1 rings (SSSR count). The number of nitrogens with one attached hydrogen (secondary N) is 1. The van der Waals surface area contributed by atoms with Crippen molar-refractivity contribution in [2.24, 2.45) is 21.7 Å². The normalized spacial score (nSPS) is 21.2. The van der Waals surface area contributed by atoms with Gasteiger partial charge in [-0.05, 0) is 78.4 Å². The highest BCUT2D eigenvalue weighted by atomic mass is 32.2. The lowest BCUT2D eigenvalue weighted by molar-refractivity contribution is -0.246. The number of rotatable bonds is 12. The van der Waals surface area contributed by atoms with E-state index in [1.807, 2.05) is 40.8 Å². The Morgan fingerprint density at radius 3 is 2.13 bits per heavy atom. The van der Waals surface area contributed by atoms with Crippen molar-refractivity contribution in [2.45, 2.75) is 123 Å². The summed E-state index contributed by atoms with van der Waals surface area (Å²) < 4.78 is 0.313. The van der Waals surface area contributed by atoms with Crippen LogP contribution in [0.1, 0.15) is 101 Å². The number of carboxylic acid groups (broad SMARTS) is 1. The van der Waals surface area contributed by atoms with Gasteiger partial charge in [0.2, 0.25) is 5.91 Å². The number of carbonyl (C=O) groups is 2. The summed E-state index contributed by atoms with van der Waals surface area (Å²) in [7, 11) is 1.70. The molecule has 1 amide bonds. The van der Waals surface area contributed by atoms with Gasteiger partial charge in [0.25, 0.3) is 0 Å². The maximum absolute atomic E-state index is 14.2. The lowest BCUT2D eigenvalue weighted by Crippen LogP contribution is -2.63. The van der Waals surface area contributed by atoms with Crippen molar-refractivity contribution in [3.8, 4) is 0 Å². The van der Waals surface area contributed by atoms with Crippen LogP contribution in [0.5, 0.6) is 0 Å². The molecule has 1 aliphatic heterocycles. The Hall–Kier alpha value is -0.680. The van der Waals surface area contributed by atoms with E-state index in [1.54, 1.807) is 30.6 Å². The third-order valence-electron chi connectivity index (χ3n) is 8.28. The predicted molar refractivity (Wildman–Crippen MR) is 167 cm³/mol. The summed E-state index contributed by atoms with van der Waals surface area (Å²) in [4.78, 5) is 29.9. The van der Waals surface area contributed by atoms with E-state index in [4.69, 9.17) is 12.2 Å². The van der Waals surface area contributed by atoms with Crippen LogP contribution in [0.25, 0.3) is 0 Å². The van der Waals surface area contributed by atoms with Crippen molar-refractivity contribution in [3.63, 3.8) is 0 Å². The van der Waals surface area contributed by atoms with Gasteiger partial charge in [-0.2, -0.15) is 5.06 Å². The van der Waals surface area contributed by atoms with Crippen LogP contribution < -0.4 is 5.32 Å². The molecule has 38 heavy (non-hydrogen) atoms. The van der Waals surface area contributed by atoms with Gasteiger partial charge in [-0.25, -0.2) is 0 Å². The molecule has 0 saturated carbocycles. The second-order valence-electron chi connectivity index (χ2n) is 13.3. The standard InChI is InChI=1S/C28H51N3O4S3/c1-12-37-23(36)38-27(8,9)20(17-24(2,3)28(10,18-29-11)14-13-21(32)33)22(34)30-19-15-25(4,5)31(35)26(6,7)16-19/h18-20,35H,12-17H2,1-11H3,(H,30,34)(H,32,33). The molecule has 0 spiro atoms. The van der Waals surface area contributed by atoms with Crippen LogP contribution in [-0.2, 0) is 9.59 Å². The molecule has 0 radical (unpaired) electrons. The first-order chi connectivity index (χ1) is 17.1. The minimum Gasteiger partial charge on any atom is -0.481 e. The topological polar surface area (TPSA) is 102 Å². The number of hydroxylamine groups is 2. The van der Waals surface area contributed by atoms with Crippen LogP contribution in [-0.4, -0.2) is 71.7 Å². The summed E-state index contributed by atoms with van der Waals surface area (Å²) in [6, 6.07) is -0.0881. The molecule has 0 aliphatic carbocycles. The quantitative estimate of drug-likeness (QED) is 0.171. The summed E-state index contributed by atoms with van der Waals surface area (Å²) in [5.74, 6) is -0.402. The molecule has 2 unspecified atom stereocenters. The van der Waals surface area contributed by atoms with E-state index in [9.17, 15) is 19.9 Å². The Kier molecular flexibility index (Phi) is 12.4. The van der Waals surface area contributed by atoms with Crippen LogP contribution in [0.15, 0.2) is 4.99 Å². The fourth-order valence-electron chi connectivity index (χ4n) is 5.73. The fourth-order valence-corrected chi connectivity index (χ4v) is 8.96. The van der Waals surface area contributed by atoms with E-state index in [-0.39, 0.29) is 18.4 Å². The predicted octanol–water partition coefficient (Wildman–Crippen LogP) is 6.67. The zero-order chi connectivity index (χ0) is 29.7. The zero-order valence-corrected chi connectivity index (χ0v) is 27.8. The first kappa shape index (κ1) is 35.3. The molecular formula is C28H51N3O4S3. The smallest absolute Gasteiger partial charge is 0.303 e. The van der Waals surface area contributed by atoms with Crippen molar-refractivity contribution in [1.29, 1.82) is 0 Å². The molecule has 0 aromatic rings. The third-order valence-corrected chi connectivity index (χ3v) is 11.0. The molecule has 1 heterocycles. The zero-order valence-electron chi connectivity index (χ0n) is 25.3. The molecule has 1 fully saturated rings. The molecule has 220 valence electrons.